The average Bonchev–Trinajstić information content (AvgIpc) is 2.60. The van der Waals surface area contributed by atoms with Crippen LogP contribution in [0.3, 0.4) is 0 Å². The van der Waals surface area contributed by atoms with Crippen molar-refractivity contribution >= 4 is 53.8 Å². The number of anilines is 2. The van der Waals surface area contributed by atoms with Crippen LogP contribution in [0.5, 0.6) is 0 Å². The summed E-state index contributed by atoms with van der Waals surface area (Å²) in [5.74, 6) is 0. The van der Waals surface area contributed by atoms with Crippen LogP contribution in [0.1, 0.15) is 5.56 Å². The van der Waals surface area contributed by atoms with E-state index in [1.54, 1.807) is 13.0 Å². The molecule has 0 bridgehead atoms. The third kappa shape index (κ3) is 4.19. The maximum absolute atomic E-state index is 11.8. The van der Waals surface area contributed by atoms with Crippen LogP contribution in [0.2, 0.25) is 0 Å². The minimum atomic E-state index is -4.74. The second kappa shape index (κ2) is 7.08. The van der Waals surface area contributed by atoms with E-state index in [1.165, 1.54) is 24.3 Å². The first-order chi connectivity index (χ1) is 13.4. The Hall–Kier alpha value is -3.06. The van der Waals surface area contributed by atoms with Gasteiger partial charge in [-0.25, -0.2) is 0 Å². The lowest BCUT2D eigenvalue weighted by Gasteiger charge is -2.09. The Morgan fingerprint density at radius 2 is 1.45 bits per heavy atom. The molecule has 0 unspecified atom stereocenters. The van der Waals surface area contributed by atoms with Crippen molar-refractivity contribution in [2.24, 2.45) is 10.2 Å². The molecule has 10 nitrogen and oxygen atoms in total. The lowest BCUT2D eigenvalue weighted by atomic mass is 10.1. The number of nitrogens with two attached hydrogens (primary N) is 2. The Balaban J connectivity index is 2.28. The fourth-order valence-electron chi connectivity index (χ4n) is 2.73. The summed E-state index contributed by atoms with van der Waals surface area (Å²) in [5.41, 5.74) is 13.1. The van der Waals surface area contributed by atoms with Crippen molar-refractivity contribution in [3.63, 3.8) is 0 Å². The van der Waals surface area contributed by atoms with E-state index in [1.807, 2.05) is 0 Å². The highest BCUT2D eigenvalue weighted by molar-refractivity contribution is 7.86. The van der Waals surface area contributed by atoms with Crippen molar-refractivity contribution in [3.8, 4) is 0 Å². The van der Waals surface area contributed by atoms with Crippen molar-refractivity contribution in [2.75, 3.05) is 11.5 Å². The first kappa shape index (κ1) is 20.7. The minimum absolute atomic E-state index is 0.0879. The van der Waals surface area contributed by atoms with E-state index in [-0.39, 0.29) is 27.8 Å². The van der Waals surface area contributed by atoms with Gasteiger partial charge in [-0.1, -0.05) is 12.1 Å². The number of nitrogen functional groups attached to an aromatic ring is 2. The smallest absolute Gasteiger partial charge is 0.295 e. The standard InChI is InChI=1S/C17H16N4O6S2/c1-9-5-15(14(19)8-13(9)18)21-20-10-6-12-11(17(7-10)29(25,26)27)3-2-4-16(12)28(22,23)24/h2-8H,18-19H2,1H3,(H,22,23,24)(H,25,26,27). The molecule has 6 N–H and O–H groups in total. The van der Waals surface area contributed by atoms with Crippen LogP contribution in [0.4, 0.5) is 22.7 Å². The van der Waals surface area contributed by atoms with Crippen molar-refractivity contribution in [1.29, 1.82) is 0 Å². The van der Waals surface area contributed by atoms with E-state index in [9.17, 15) is 25.9 Å². The summed E-state index contributed by atoms with van der Waals surface area (Å²) in [6.07, 6.45) is 0. The summed E-state index contributed by atoms with van der Waals surface area (Å²) in [7, 11) is -9.41. The zero-order valence-electron chi connectivity index (χ0n) is 14.9. The highest BCUT2D eigenvalue weighted by Gasteiger charge is 2.21. The maximum Gasteiger partial charge on any atom is 0.295 e. The van der Waals surface area contributed by atoms with E-state index >= 15 is 0 Å². The van der Waals surface area contributed by atoms with Gasteiger partial charge in [-0.2, -0.15) is 21.9 Å². The number of hydrogen-bond acceptors (Lipinski definition) is 8. The van der Waals surface area contributed by atoms with E-state index in [4.69, 9.17) is 11.5 Å². The van der Waals surface area contributed by atoms with Gasteiger partial charge in [-0.05, 0) is 42.8 Å². The molecule has 0 fully saturated rings. The monoisotopic (exact) mass is 436 g/mol. The van der Waals surface area contributed by atoms with Crippen LogP contribution >= 0.6 is 0 Å². The summed E-state index contributed by atoms with van der Waals surface area (Å²) >= 11 is 0. The first-order valence-electron chi connectivity index (χ1n) is 7.97. The normalized spacial score (nSPS) is 12.7. The van der Waals surface area contributed by atoms with E-state index in [2.05, 4.69) is 10.2 Å². The summed E-state index contributed by atoms with van der Waals surface area (Å²) in [5, 5.41) is 7.60. The maximum atomic E-state index is 11.8. The molecule has 0 spiro atoms. The zero-order valence-corrected chi connectivity index (χ0v) is 16.6. The van der Waals surface area contributed by atoms with Gasteiger partial charge in [0.1, 0.15) is 15.5 Å². The van der Waals surface area contributed by atoms with Gasteiger partial charge in [0, 0.05) is 16.5 Å². The first-order valence-corrected chi connectivity index (χ1v) is 10.8. The summed E-state index contributed by atoms with van der Waals surface area (Å²) < 4.78 is 66.0. The SMILES string of the molecule is Cc1cc(N=Nc2cc(S(=O)(=O)O)c3cccc(S(=O)(=O)O)c3c2)c(N)cc1N. The quantitative estimate of drug-likeness (QED) is 0.272. The number of azo groups is 1. The third-order valence-electron chi connectivity index (χ3n) is 4.15. The number of rotatable bonds is 4. The lowest BCUT2D eigenvalue weighted by molar-refractivity contribution is 0.481. The molecule has 12 heteroatoms. The third-order valence-corrected chi connectivity index (χ3v) is 5.95. The van der Waals surface area contributed by atoms with Crippen LogP contribution in [0, 0.1) is 6.92 Å². The van der Waals surface area contributed by atoms with Gasteiger partial charge in [0.2, 0.25) is 0 Å². The largest absolute Gasteiger partial charge is 0.398 e. The number of fused-ring (bicyclic) bond motifs is 1. The second-order valence-electron chi connectivity index (χ2n) is 6.21. The fourth-order valence-corrected chi connectivity index (χ4v) is 4.15. The van der Waals surface area contributed by atoms with Crippen LogP contribution in [0.15, 0.2) is 62.5 Å². The highest BCUT2D eigenvalue weighted by Crippen LogP contribution is 2.34. The molecule has 0 saturated carbocycles. The molecule has 3 aromatic rings. The van der Waals surface area contributed by atoms with Crippen LogP contribution < -0.4 is 11.5 Å². The number of aryl methyl sites for hydroxylation is 1. The molecule has 0 aromatic heterocycles. The molecule has 29 heavy (non-hydrogen) atoms. The Kier molecular flexibility index (Phi) is 5.04. The zero-order chi connectivity index (χ0) is 21.6. The van der Waals surface area contributed by atoms with E-state index < -0.39 is 30.0 Å². The van der Waals surface area contributed by atoms with Gasteiger partial charge in [-0.15, -0.1) is 5.11 Å². The molecule has 0 aliphatic rings. The average molecular weight is 436 g/mol. The van der Waals surface area contributed by atoms with Crippen molar-refractivity contribution < 1.29 is 25.9 Å². The van der Waals surface area contributed by atoms with E-state index in [0.717, 1.165) is 12.1 Å². The minimum Gasteiger partial charge on any atom is -0.398 e. The molecule has 0 atom stereocenters. The Labute approximate surface area is 166 Å². The molecule has 0 aliphatic heterocycles. The fraction of sp³-hybridized carbons (Fsp3) is 0.0588. The van der Waals surface area contributed by atoms with Crippen molar-refractivity contribution in [3.05, 3.63) is 48.0 Å². The predicted octanol–water partition coefficient (Wildman–Crippen LogP) is 3.22. The van der Waals surface area contributed by atoms with Gasteiger partial charge in [0.25, 0.3) is 20.2 Å². The topological polar surface area (TPSA) is 186 Å². The molecular formula is C17H16N4O6S2. The summed E-state index contributed by atoms with van der Waals surface area (Å²) in [6.45, 7) is 1.73. The molecule has 0 amide bonds. The van der Waals surface area contributed by atoms with Crippen LogP contribution in [-0.2, 0) is 20.2 Å². The number of nitrogens with zero attached hydrogens (tertiary/aromatic N) is 2. The lowest BCUT2D eigenvalue weighted by Crippen LogP contribution is -2.03. The van der Waals surface area contributed by atoms with Gasteiger partial charge in [0.15, 0.2) is 0 Å². The Bertz CT molecular complexity index is 1380. The highest BCUT2D eigenvalue weighted by atomic mass is 32.2. The summed E-state index contributed by atoms with van der Waals surface area (Å²) in [6, 6.07) is 8.92. The van der Waals surface area contributed by atoms with Gasteiger partial charge < -0.3 is 11.5 Å². The molecule has 0 radical (unpaired) electrons. The van der Waals surface area contributed by atoms with Crippen LogP contribution in [-0.4, -0.2) is 25.9 Å². The van der Waals surface area contributed by atoms with Gasteiger partial charge in [-0.3, -0.25) is 9.11 Å². The van der Waals surface area contributed by atoms with Crippen molar-refractivity contribution in [2.45, 2.75) is 16.7 Å². The van der Waals surface area contributed by atoms with Crippen molar-refractivity contribution in [1.82, 2.24) is 0 Å². The number of hydrogen-bond donors (Lipinski definition) is 4. The van der Waals surface area contributed by atoms with E-state index in [0.29, 0.717) is 11.3 Å². The number of benzene rings is 3. The predicted molar refractivity (Wildman–Crippen MR) is 108 cm³/mol. The van der Waals surface area contributed by atoms with Gasteiger partial charge >= 0.3 is 0 Å². The van der Waals surface area contributed by atoms with Crippen LogP contribution in [0.25, 0.3) is 10.8 Å². The molecule has 0 aliphatic carbocycles. The molecule has 152 valence electrons. The second-order valence-corrected chi connectivity index (χ2v) is 8.99. The molecule has 0 heterocycles. The van der Waals surface area contributed by atoms with Gasteiger partial charge in [0.05, 0.1) is 11.4 Å². The summed E-state index contributed by atoms with van der Waals surface area (Å²) in [4.78, 5) is -1.13. The Morgan fingerprint density at radius 3 is 2.07 bits per heavy atom. The molecule has 3 aromatic carbocycles. The molecular weight excluding hydrogens is 420 g/mol. The molecule has 0 saturated heterocycles. The Morgan fingerprint density at radius 1 is 0.793 bits per heavy atom. The molecule has 3 rings (SSSR count).